The summed E-state index contributed by atoms with van der Waals surface area (Å²) in [5.74, 6) is 0. The van der Waals surface area contributed by atoms with E-state index >= 15 is 0 Å². The number of piperazine rings is 1. The van der Waals surface area contributed by atoms with Gasteiger partial charge in [0.15, 0.2) is 0 Å². The standard InChI is InChI=1S/C16H22ClF3N2/c1-4-7-22-11(2)9-21(10-12(22)3)13-5-6-15(17)14(8-13)16(18,19)20/h5-6,8,11-12H,4,7,9-10H2,1-3H3/t11-,12+. The maximum Gasteiger partial charge on any atom is 0.417 e. The second-order valence-corrected chi connectivity index (χ2v) is 6.41. The second kappa shape index (κ2) is 6.67. The molecule has 6 heteroatoms. The Morgan fingerprint density at radius 1 is 1.18 bits per heavy atom. The molecule has 1 saturated heterocycles. The first-order chi connectivity index (χ1) is 10.2. The highest BCUT2D eigenvalue weighted by Crippen LogP contribution is 2.37. The maximum absolute atomic E-state index is 13.0. The molecule has 22 heavy (non-hydrogen) atoms. The summed E-state index contributed by atoms with van der Waals surface area (Å²) in [5, 5.41) is -0.248. The van der Waals surface area contributed by atoms with Crippen molar-refractivity contribution in [1.29, 1.82) is 0 Å². The van der Waals surface area contributed by atoms with Crippen LogP contribution < -0.4 is 4.90 Å². The summed E-state index contributed by atoms with van der Waals surface area (Å²) in [5.41, 5.74) is -0.172. The van der Waals surface area contributed by atoms with E-state index < -0.39 is 11.7 Å². The molecule has 0 amide bonds. The van der Waals surface area contributed by atoms with E-state index in [-0.39, 0.29) is 5.02 Å². The SMILES string of the molecule is CCCN1[C@H](C)CN(c2ccc(Cl)c(C(F)(F)F)c2)C[C@@H]1C. The van der Waals surface area contributed by atoms with Crippen molar-refractivity contribution >= 4 is 17.3 Å². The van der Waals surface area contributed by atoms with Crippen molar-refractivity contribution < 1.29 is 13.2 Å². The third kappa shape index (κ3) is 3.69. The van der Waals surface area contributed by atoms with Crippen molar-refractivity contribution in [2.24, 2.45) is 0 Å². The summed E-state index contributed by atoms with van der Waals surface area (Å²) in [6.07, 6.45) is -3.35. The van der Waals surface area contributed by atoms with E-state index in [1.54, 1.807) is 6.07 Å². The number of halogens is 4. The minimum absolute atomic E-state index is 0.248. The first-order valence-electron chi connectivity index (χ1n) is 7.61. The van der Waals surface area contributed by atoms with Crippen LogP contribution in [0.3, 0.4) is 0 Å². The molecule has 0 bridgehead atoms. The molecule has 1 aromatic rings. The van der Waals surface area contributed by atoms with Gasteiger partial charge in [-0.1, -0.05) is 18.5 Å². The monoisotopic (exact) mass is 334 g/mol. The molecular weight excluding hydrogens is 313 g/mol. The minimum atomic E-state index is -4.42. The molecule has 0 spiro atoms. The molecule has 2 atom stereocenters. The third-order valence-electron chi connectivity index (χ3n) is 4.20. The molecule has 1 heterocycles. The number of rotatable bonds is 3. The van der Waals surface area contributed by atoms with Crippen LogP contribution in [0.15, 0.2) is 18.2 Å². The van der Waals surface area contributed by atoms with Crippen molar-refractivity contribution in [3.8, 4) is 0 Å². The average Bonchev–Trinajstić information content (AvgIpc) is 2.42. The van der Waals surface area contributed by atoms with Crippen LogP contribution in [0.1, 0.15) is 32.8 Å². The predicted octanol–water partition coefficient (Wildman–Crippen LogP) is 4.67. The Labute approximate surface area is 134 Å². The van der Waals surface area contributed by atoms with Gasteiger partial charge < -0.3 is 4.90 Å². The summed E-state index contributed by atoms with van der Waals surface area (Å²) in [7, 11) is 0. The molecule has 1 aromatic carbocycles. The molecule has 1 aliphatic heterocycles. The Morgan fingerprint density at radius 3 is 2.27 bits per heavy atom. The largest absolute Gasteiger partial charge is 0.417 e. The molecule has 124 valence electrons. The van der Waals surface area contributed by atoms with Gasteiger partial charge in [-0.05, 0) is 45.0 Å². The summed E-state index contributed by atoms with van der Waals surface area (Å²) in [6.45, 7) is 8.86. The highest BCUT2D eigenvalue weighted by molar-refractivity contribution is 6.31. The Kier molecular flexibility index (Phi) is 5.28. The molecule has 1 fully saturated rings. The van der Waals surface area contributed by atoms with E-state index in [1.807, 2.05) is 4.90 Å². The normalized spacial score (nSPS) is 23.9. The van der Waals surface area contributed by atoms with Gasteiger partial charge in [0.1, 0.15) is 0 Å². The fourth-order valence-corrected chi connectivity index (χ4v) is 3.42. The Morgan fingerprint density at radius 2 is 1.77 bits per heavy atom. The second-order valence-electron chi connectivity index (χ2n) is 6.00. The fourth-order valence-electron chi connectivity index (χ4n) is 3.19. The van der Waals surface area contributed by atoms with Crippen molar-refractivity contribution in [2.45, 2.75) is 45.5 Å². The zero-order valence-corrected chi connectivity index (χ0v) is 13.9. The summed E-state index contributed by atoms with van der Waals surface area (Å²) < 4.78 is 39.0. The van der Waals surface area contributed by atoms with Gasteiger partial charge in [0.25, 0.3) is 0 Å². The van der Waals surface area contributed by atoms with Crippen LogP contribution in [0.2, 0.25) is 5.02 Å². The highest BCUT2D eigenvalue weighted by Gasteiger charge is 2.35. The number of anilines is 1. The van der Waals surface area contributed by atoms with Gasteiger partial charge >= 0.3 is 6.18 Å². The number of hydrogen-bond acceptors (Lipinski definition) is 2. The van der Waals surface area contributed by atoms with Gasteiger partial charge in [-0.3, -0.25) is 4.90 Å². The van der Waals surface area contributed by atoms with Crippen molar-refractivity contribution in [3.05, 3.63) is 28.8 Å². The minimum Gasteiger partial charge on any atom is -0.368 e. The first kappa shape index (κ1) is 17.4. The van der Waals surface area contributed by atoms with Gasteiger partial charge in [-0.25, -0.2) is 0 Å². The predicted molar refractivity (Wildman–Crippen MR) is 84.6 cm³/mol. The lowest BCUT2D eigenvalue weighted by Crippen LogP contribution is -2.56. The smallest absolute Gasteiger partial charge is 0.368 e. The quantitative estimate of drug-likeness (QED) is 0.792. The molecule has 0 aromatic heterocycles. The third-order valence-corrected chi connectivity index (χ3v) is 4.53. The van der Waals surface area contributed by atoms with Gasteiger partial charge in [-0.2, -0.15) is 13.2 Å². The Hall–Kier alpha value is -0.940. The number of nitrogens with zero attached hydrogens (tertiary/aromatic N) is 2. The van der Waals surface area contributed by atoms with Crippen LogP contribution in [0.25, 0.3) is 0 Å². The molecule has 0 radical (unpaired) electrons. The van der Waals surface area contributed by atoms with Gasteiger partial charge in [0, 0.05) is 30.9 Å². The van der Waals surface area contributed by atoms with E-state index in [2.05, 4.69) is 25.7 Å². The maximum atomic E-state index is 13.0. The molecule has 2 nitrogen and oxygen atoms in total. The number of hydrogen-bond donors (Lipinski definition) is 0. The molecule has 0 N–H and O–H groups in total. The van der Waals surface area contributed by atoms with E-state index in [0.29, 0.717) is 17.8 Å². The van der Waals surface area contributed by atoms with Crippen molar-refractivity contribution in [1.82, 2.24) is 4.90 Å². The zero-order valence-electron chi connectivity index (χ0n) is 13.1. The average molecular weight is 335 g/mol. The lowest BCUT2D eigenvalue weighted by molar-refractivity contribution is -0.137. The lowest BCUT2D eigenvalue weighted by Gasteiger charge is -2.45. The summed E-state index contributed by atoms with van der Waals surface area (Å²) >= 11 is 5.69. The van der Waals surface area contributed by atoms with Crippen LogP contribution in [-0.4, -0.2) is 36.6 Å². The van der Waals surface area contributed by atoms with Crippen molar-refractivity contribution in [2.75, 3.05) is 24.5 Å². The summed E-state index contributed by atoms with van der Waals surface area (Å²) in [6, 6.07) is 4.81. The van der Waals surface area contributed by atoms with Crippen molar-refractivity contribution in [3.63, 3.8) is 0 Å². The van der Waals surface area contributed by atoms with Crippen LogP contribution in [0, 0.1) is 0 Å². The Bertz CT molecular complexity index is 507. The van der Waals surface area contributed by atoms with E-state index in [0.717, 1.165) is 32.1 Å². The van der Waals surface area contributed by atoms with E-state index in [9.17, 15) is 13.2 Å². The molecule has 2 rings (SSSR count). The summed E-state index contributed by atoms with van der Waals surface area (Å²) in [4.78, 5) is 4.43. The lowest BCUT2D eigenvalue weighted by atomic mass is 10.1. The van der Waals surface area contributed by atoms with E-state index in [4.69, 9.17) is 11.6 Å². The molecule has 0 unspecified atom stereocenters. The van der Waals surface area contributed by atoms with Gasteiger partial charge in [-0.15, -0.1) is 0 Å². The molecule has 0 aliphatic carbocycles. The molecule has 0 saturated carbocycles. The van der Waals surface area contributed by atoms with Gasteiger partial charge in [0.2, 0.25) is 0 Å². The number of benzene rings is 1. The highest BCUT2D eigenvalue weighted by atomic mass is 35.5. The van der Waals surface area contributed by atoms with Crippen LogP contribution in [-0.2, 0) is 6.18 Å². The Balaban J connectivity index is 2.23. The molecule has 1 aliphatic rings. The topological polar surface area (TPSA) is 6.48 Å². The fraction of sp³-hybridized carbons (Fsp3) is 0.625. The van der Waals surface area contributed by atoms with Gasteiger partial charge in [0.05, 0.1) is 10.6 Å². The number of alkyl halides is 3. The van der Waals surface area contributed by atoms with E-state index in [1.165, 1.54) is 6.07 Å². The van der Waals surface area contributed by atoms with Crippen LogP contribution in [0.5, 0.6) is 0 Å². The van der Waals surface area contributed by atoms with Crippen LogP contribution in [0.4, 0.5) is 18.9 Å². The van der Waals surface area contributed by atoms with Crippen LogP contribution >= 0.6 is 11.6 Å². The first-order valence-corrected chi connectivity index (χ1v) is 7.99. The zero-order chi connectivity index (χ0) is 16.5. The molecular formula is C16H22ClF3N2.